The number of ether oxygens (including phenoxy) is 1. The maximum atomic E-state index is 12.6. The van der Waals surface area contributed by atoms with E-state index in [1.165, 1.54) is 12.8 Å². The third kappa shape index (κ3) is 6.66. The van der Waals surface area contributed by atoms with Crippen molar-refractivity contribution in [3.63, 3.8) is 0 Å². The molecule has 1 atom stereocenters. The Morgan fingerprint density at radius 3 is 2.15 bits per heavy atom. The minimum Gasteiger partial charge on any atom is -0.444 e. The lowest BCUT2D eigenvalue weighted by Crippen LogP contribution is -2.53. The van der Waals surface area contributed by atoms with E-state index < -0.39 is 5.60 Å². The van der Waals surface area contributed by atoms with Gasteiger partial charge >= 0.3 is 6.09 Å². The largest absolute Gasteiger partial charge is 0.444 e. The van der Waals surface area contributed by atoms with E-state index in [4.69, 9.17) is 4.74 Å². The number of carbonyl (C=O) groups is 2. The normalized spacial score (nSPS) is 26.3. The second-order valence-corrected chi connectivity index (χ2v) is 9.50. The molecule has 1 aliphatic heterocycles. The lowest BCUT2D eigenvalue weighted by Gasteiger charge is -2.39. The van der Waals surface area contributed by atoms with E-state index in [2.05, 4.69) is 17.1 Å². The average Bonchev–Trinajstić information content (AvgIpc) is 2.61. The monoisotopic (exact) mass is 381 g/mol. The second-order valence-electron chi connectivity index (χ2n) is 9.50. The summed E-state index contributed by atoms with van der Waals surface area (Å²) in [5.41, 5.74) is -0.477. The van der Waals surface area contributed by atoms with Crippen LogP contribution in [-0.2, 0) is 9.53 Å². The van der Waals surface area contributed by atoms with Crippen molar-refractivity contribution in [3.8, 4) is 0 Å². The number of rotatable bonds is 4. The summed E-state index contributed by atoms with van der Waals surface area (Å²) in [6.07, 6.45) is 6.09. The van der Waals surface area contributed by atoms with E-state index >= 15 is 0 Å². The summed E-state index contributed by atoms with van der Waals surface area (Å²) in [6.45, 7) is 11.6. The summed E-state index contributed by atoms with van der Waals surface area (Å²) in [5, 5.41) is 3.25. The summed E-state index contributed by atoms with van der Waals surface area (Å²) < 4.78 is 5.47. The van der Waals surface area contributed by atoms with Crippen LogP contribution in [0.5, 0.6) is 0 Å². The molecule has 1 saturated heterocycles. The van der Waals surface area contributed by atoms with Gasteiger partial charge in [0.2, 0.25) is 5.91 Å². The van der Waals surface area contributed by atoms with Crippen molar-refractivity contribution in [3.05, 3.63) is 0 Å². The molecule has 27 heavy (non-hydrogen) atoms. The first kappa shape index (κ1) is 22.0. The number of hydrogen-bond donors (Lipinski definition) is 1. The maximum absolute atomic E-state index is 12.6. The Labute approximate surface area is 165 Å². The number of nitrogens with zero attached hydrogens (tertiary/aromatic N) is 2. The molecule has 1 saturated carbocycles. The molecular formula is C21H39N3O3. The van der Waals surface area contributed by atoms with Gasteiger partial charge in [0.25, 0.3) is 0 Å². The Morgan fingerprint density at radius 2 is 1.63 bits per heavy atom. The van der Waals surface area contributed by atoms with Crippen LogP contribution in [0, 0.1) is 5.92 Å². The molecule has 6 nitrogen and oxygen atoms in total. The lowest BCUT2D eigenvalue weighted by molar-refractivity contribution is -0.127. The molecule has 156 valence electrons. The van der Waals surface area contributed by atoms with Crippen LogP contribution < -0.4 is 5.32 Å². The first-order valence-electron chi connectivity index (χ1n) is 10.6. The molecule has 1 heterocycles. The van der Waals surface area contributed by atoms with Crippen molar-refractivity contribution in [2.24, 2.45) is 5.92 Å². The smallest absolute Gasteiger partial charge is 0.410 e. The third-order valence-corrected chi connectivity index (χ3v) is 6.02. The van der Waals surface area contributed by atoms with Crippen LogP contribution in [0.3, 0.4) is 0 Å². The van der Waals surface area contributed by atoms with Crippen molar-refractivity contribution in [1.82, 2.24) is 15.1 Å². The van der Waals surface area contributed by atoms with E-state index in [1.54, 1.807) is 4.90 Å². The third-order valence-electron chi connectivity index (χ3n) is 6.02. The second kappa shape index (κ2) is 9.26. The molecule has 0 aromatic rings. The van der Waals surface area contributed by atoms with Crippen molar-refractivity contribution >= 4 is 12.0 Å². The molecule has 0 aromatic heterocycles. The number of piperidine rings is 1. The van der Waals surface area contributed by atoms with Gasteiger partial charge in [-0.05, 0) is 72.1 Å². The van der Waals surface area contributed by atoms with Gasteiger partial charge in [-0.2, -0.15) is 0 Å². The van der Waals surface area contributed by atoms with E-state index in [9.17, 15) is 9.59 Å². The highest BCUT2D eigenvalue weighted by Crippen LogP contribution is 2.24. The van der Waals surface area contributed by atoms with Crippen LogP contribution in [0.15, 0.2) is 0 Å². The molecule has 2 aliphatic rings. The Hall–Kier alpha value is -1.30. The summed E-state index contributed by atoms with van der Waals surface area (Å²) in [5.74, 6) is 0.935. The summed E-state index contributed by atoms with van der Waals surface area (Å²) in [6, 6.07) is 0.398. The maximum Gasteiger partial charge on any atom is 0.410 e. The lowest BCUT2D eigenvalue weighted by atomic mass is 9.87. The van der Waals surface area contributed by atoms with Gasteiger partial charge in [0, 0.05) is 32.2 Å². The highest BCUT2D eigenvalue weighted by molar-refractivity contribution is 5.81. The van der Waals surface area contributed by atoms with Gasteiger partial charge < -0.3 is 15.0 Å². The minimum absolute atomic E-state index is 0.114. The fourth-order valence-electron chi connectivity index (χ4n) is 4.04. The van der Waals surface area contributed by atoms with Crippen LogP contribution in [0.4, 0.5) is 4.79 Å². The van der Waals surface area contributed by atoms with Crippen molar-refractivity contribution in [1.29, 1.82) is 0 Å². The standard InChI is InChI=1S/C21H39N3O3/c1-15-7-9-17(10-8-15)22-19(25)16(2)24-13-11-18(12-14-24)23(6)20(26)27-21(3,4)5/h15-18H,7-14H2,1-6H3,(H,22,25). The molecular weight excluding hydrogens is 342 g/mol. The van der Waals surface area contributed by atoms with E-state index in [-0.39, 0.29) is 24.1 Å². The number of carbonyl (C=O) groups excluding carboxylic acids is 2. The van der Waals surface area contributed by atoms with E-state index in [1.807, 2.05) is 34.7 Å². The molecule has 2 amide bonds. The number of amides is 2. The molecule has 2 fully saturated rings. The van der Waals surface area contributed by atoms with Crippen molar-refractivity contribution in [2.45, 2.75) is 96.9 Å². The van der Waals surface area contributed by atoms with Gasteiger partial charge in [-0.3, -0.25) is 9.69 Å². The van der Waals surface area contributed by atoms with Crippen LogP contribution in [0.25, 0.3) is 0 Å². The van der Waals surface area contributed by atoms with E-state index in [0.717, 1.165) is 44.7 Å². The van der Waals surface area contributed by atoms with Crippen molar-refractivity contribution in [2.75, 3.05) is 20.1 Å². The average molecular weight is 382 g/mol. The molecule has 0 radical (unpaired) electrons. The first-order valence-corrected chi connectivity index (χ1v) is 10.6. The van der Waals surface area contributed by atoms with E-state index in [0.29, 0.717) is 6.04 Å². The Balaban J connectivity index is 1.77. The van der Waals surface area contributed by atoms with Gasteiger partial charge in [-0.1, -0.05) is 6.92 Å². The van der Waals surface area contributed by atoms with Gasteiger partial charge in [-0.15, -0.1) is 0 Å². The highest BCUT2D eigenvalue weighted by atomic mass is 16.6. The highest BCUT2D eigenvalue weighted by Gasteiger charge is 2.32. The zero-order valence-corrected chi connectivity index (χ0v) is 18.1. The molecule has 6 heteroatoms. The summed E-state index contributed by atoms with van der Waals surface area (Å²) in [4.78, 5) is 28.8. The fraction of sp³-hybridized carbons (Fsp3) is 0.905. The van der Waals surface area contributed by atoms with Crippen LogP contribution in [0.2, 0.25) is 0 Å². The molecule has 2 rings (SSSR count). The predicted molar refractivity (Wildman–Crippen MR) is 108 cm³/mol. The topological polar surface area (TPSA) is 61.9 Å². The zero-order valence-electron chi connectivity index (χ0n) is 18.1. The minimum atomic E-state index is -0.477. The molecule has 1 aliphatic carbocycles. The Kier molecular flexibility index (Phi) is 7.55. The van der Waals surface area contributed by atoms with Gasteiger partial charge in [-0.25, -0.2) is 4.79 Å². The van der Waals surface area contributed by atoms with Gasteiger partial charge in [0.1, 0.15) is 5.60 Å². The van der Waals surface area contributed by atoms with Crippen LogP contribution in [0.1, 0.15) is 73.1 Å². The number of nitrogens with one attached hydrogen (secondary N) is 1. The predicted octanol–water partition coefficient (Wildman–Crippen LogP) is 3.40. The fourth-order valence-corrected chi connectivity index (χ4v) is 4.04. The van der Waals surface area contributed by atoms with Crippen LogP contribution >= 0.6 is 0 Å². The first-order chi connectivity index (χ1) is 12.6. The summed E-state index contributed by atoms with van der Waals surface area (Å²) in [7, 11) is 1.81. The van der Waals surface area contributed by atoms with Crippen molar-refractivity contribution < 1.29 is 14.3 Å². The molecule has 0 bridgehead atoms. The van der Waals surface area contributed by atoms with Gasteiger partial charge in [0.15, 0.2) is 0 Å². The Bertz CT molecular complexity index is 501. The number of hydrogen-bond acceptors (Lipinski definition) is 4. The molecule has 0 spiro atoms. The molecule has 0 aromatic carbocycles. The number of likely N-dealkylation sites (tertiary alicyclic amines) is 1. The van der Waals surface area contributed by atoms with Crippen LogP contribution in [-0.4, -0.2) is 65.7 Å². The summed E-state index contributed by atoms with van der Waals surface area (Å²) >= 11 is 0. The van der Waals surface area contributed by atoms with Gasteiger partial charge in [0.05, 0.1) is 6.04 Å². The zero-order chi connectivity index (χ0) is 20.2. The Morgan fingerprint density at radius 1 is 1.07 bits per heavy atom. The molecule has 1 N–H and O–H groups in total. The molecule has 1 unspecified atom stereocenters. The SMILES string of the molecule is CC1CCC(NC(=O)C(C)N2CCC(N(C)C(=O)OC(C)(C)C)CC2)CC1. The quantitative estimate of drug-likeness (QED) is 0.811.